The van der Waals surface area contributed by atoms with E-state index >= 15 is 0 Å². The number of sulfonamides is 1. The second-order valence-corrected chi connectivity index (χ2v) is 8.75. The molecule has 1 aliphatic rings. The van der Waals surface area contributed by atoms with Crippen molar-refractivity contribution < 1.29 is 17.9 Å². The van der Waals surface area contributed by atoms with E-state index in [9.17, 15) is 13.2 Å². The predicted octanol–water partition coefficient (Wildman–Crippen LogP) is 3.49. The van der Waals surface area contributed by atoms with Gasteiger partial charge >= 0.3 is 0 Å². The van der Waals surface area contributed by atoms with E-state index in [1.165, 1.54) is 11.4 Å². The normalized spacial score (nSPS) is 16.0. The lowest BCUT2D eigenvalue weighted by Gasteiger charge is -2.29. The number of ether oxygens (including phenoxy) is 1. The quantitative estimate of drug-likeness (QED) is 0.870. The zero-order chi connectivity index (χ0) is 19.6. The summed E-state index contributed by atoms with van der Waals surface area (Å²) in [6.45, 7) is 4.39. The Kier molecular flexibility index (Phi) is 5.41. The lowest BCUT2D eigenvalue weighted by atomic mass is 10.1. The Hall–Kier alpha value is -2.54. The van der Waals surface area contributed by atoms with Crippen LogP contribution in [0.1, 0.15) is 34.3 Å². The Labute approximate surface area is 160 Å². The first-order valence-electron chi connectivity index (χ1n) is 8.89. The molecule has 2 aromatic carbocycles. The summed E-state index contributed by atoms with van der Waals surface area (Å²) >= 11 is 0. The van der Waals surface area contributed by atoms with Crippen LogP contribution in [-0.4, -0.2) is 33.7 Å². The van der Waals surface area contributed by atoms with E-state index in [-0.39, 0.29) is 11.7 Å². The first-order chi connectivity index (χ1) is 12.8. The zero-order valence-electron chi connectivity index (χ0n) is 15.8. The van der Waals surface area contributed by atoms with Gasteiger partial charge in [0.15, 0.2) is 0 Å². The molecule has 6 nitrogen and oxygen atoms in total. The van der Waals surface area contributed by atoms with Crippen molar-refractivity contribution in [2.45, 2.75) is 26.7 Å². The largest absolute Gasteiger partial charge is 0.494 e. The molecule has 0 spiro atoms. The highest BCUT2D eigenvalue weighted by atomic mass is 32.2. The molecule has 1 saturated heterocycles. The smallest absolute Gasteiger partial charge is 0.255 e. The van der Waals surface area contributed by atoms with Crippen molar-refractivity contribution in [1.29, 1.82) is 0 Å². The average molecular weight is 388 g/mol. The van der Waals surface area contributed by atoms with E-state index in [0.29, 0.717) is 35.7 Å². The summed E-state index contributed by atoms with van der Waals surface area (Å²) in [6.07, 6.45) is 1.49. The van der Waals surface area contributed by atoms with Crippen molar-refractivity contribution in [3.05, 3.63) is 53.1 Å². The summed E-state index contributed by atoms with van der Waals surface area (Å²) in [7, 11) is -1.84. The highest BCUT2D eigenvalue weighted by Crippen LogP contribution is 2.35. The number of benzene rings is 2. The fourth-order valence-corrected chi connectivity index (χ4v) is 4.75. The molecule has 1 amide bonds. The molecule has 3 rings (SSSR count). The van der Waals surface area contributed by atoms with Crippen LogP contribution in [0.25, 0.3) is 0 Å². The van der Waals surface area contributed by atoms with Crippen molar-refractivity contribution in [2.24, 2.45) is 0 Å². The van der Waals surface area contributed by atoms with Gasteiger partial charge in [0, 0.05) is 23.9 Å². The Morgan fingerprint density at radius 1 is 1.07 bits per heavy atom. The molecular formula is C20H24N2O4S. The highest BCUT2D eigenvalue weighted by molar-refractivity contribution is 7.92. The van der Waals surface area contributed by atoms with Gasteiger partial charge in [0.1, 0.15) is 5.75 Å². The van der Waals surface area contributed by atoms with Gasteiger partial charge in [-0.1, -0.05) is 6.07 Å². The summed E-state index contributed by atoms with van der Waals surface area (Å²) in [5.74, 6) is 0.332. The molecule has 1 N–H and O–H groups in total. The minimum atomic E-state index is -3.33. The number of hydrogen-bond acceptors (Lipinski definition) is 4. The fourth-order valence-electron chi connectivity index (χ4n) is 3.11. The van der Waals surface area contributed by atoms with Crippen molar-refractivity contribution in [1.82, 2.24) is 0 Å². The standard InChI is InChI=1S/C20H24N2O4S/c1-14-6-7-16(12-15(14)2)20(23)21-17-8-9-18(19(13-17)26-3)22-10-4-5-11-27(22,24)25/h6-9,12-13H,4-5,10-11H2,1-3H3,(H,21,23). The SMILES string of the molecule is COc1cc(NC(=O)c2ccc(C)c(C)c2)ccc1N1CCCCS1(=O)=O. The molecule has 0 aromatic heterocycles. The molecule has 0 unspecified atom stereocenters. The molecule has 1 aliphatic heterocycles. The summed E-state index contributed by atoms with van der Waals surface area (Å²) in [5.41, 5.74) is 3.79. The lowest BCUT2D eigenvalue weighted by molar-refractivity contribution is 0.102. The number of amides is 1. The molecule has 144 valence electrons. The number of aryl methyl sites for hydroxylation is 2. The first kappa shape index (κ1) is 19.2. The molecule has 0 radical (unpaired) electrons. The van der Waals surface area contributed by atoms with Crippen molar-refractivity contribution in [2.75, 3.05) is 29.0 Å². The number of rotatable bonds is 4. The number of carbonyl (C=O) groups is 1. The molecule has 2 aromatic rings. The van der Waals surface area contributed by atoms with Gasteiger partial charge in [-0.3, -0.25) is 9.10 Å². The van der Waals surface area contributed by atoms with Crippen LogP contribution in [0.15, 0.2) is 36.4 Å². The van der Waals surface area contributed by atoms with Gasteiger partial charge in [0.05, 0.1) is 18.6 Å². The minimum Gasteiger partial charge on any atom is -0.494 e. The number of nitrogens with one attached hydrogen (secondary N) is 1. The molecule has 0 atom stereocenters. The van der Waals surface area contributed by atoms with Crippen molar-refractivity contribution in [3.63, 3.8) is 0 Å². The maximum atomic E-state index is 12.5. The van der Waals surface area contributed by atoms with Crippen molar-refractivity contribution >= 4 is 27.3 Å². The first-order valence-corrected chi connectivity index (χ1v) is 10.5. The van der Waals surface area contributed by atoms with Gasteiger partial charge < -0.3 is 10.1 Å². The van der Waals surface area contributed by atoms with Crippen LogP contribution in [-0.2, 0) is 10.0 Å². The number of anilines is 2. The summed E-state index contributed by atoms with van der Waals surface area (Å²) < 4.78 is 31.5. The van der Waals surface area contributed by atoms with Crippen molar-refractivity contribution in [3.8, 4) is 5.75 Å². The Morgan fingerprint density at radius 3 is 2.52 bits per heavy atom. The molecular weight excluding hydrogens is 364 g/mol. The molecule has 1 heterocycles. The van der Waals surface area contributed by atoms with E-state index in [4.69, 9.17) is 4.74 Å². The molecule has 7 heteroatoms. The topological polar surface area (TPSA) is 75.7 Å². The van der Waals surface area contributed by atoms with Crippen LogP contribution in [0.4, 0.5) is 11.4 Å². The second-order valence-electron chi connectivity index (χ2n) is 6.74. The summed E-state index contributed by atoms with van der Waals surface area (Å²) in [6, 6.07) is 10.6. The maximum absolute atomic E-state index is 12.5. The third-order valence-corrected chi connectivity index (χ3v) is 6.68. The van der Waals surface area contributed by atoms with Crippen LogP contribution in [0.5, 0.6) is 5.75 Å². The third kappa shape index (κ3) is 4.08. The van der Waals surface area contributed by atoms with Crippen LogP contribution in [0.2, 0.25) is 0 Å². The number of carbonyl (C=O) groups excluding carboxylic acids is 1. The highest BCUT2D eigenvalue weighted by Gasteiger charge is 2.28. The monoisotopic (exact) mass is 388 g/mol. The van der Waals surface area contributed by atoms with Crippen LogP contribution < -0.4 is 14.4 Å². The Balaban J connectivity index is 1.85. The Bertz CT molecular complexity index is 970. The third-order valence-electron chi connectivity index (χ3n) is 4.82. The zero-order valence-corrected chi connectivity index (χ0v) is 16.6. The average Bonchev–Trinajstić information content (AvgIpc) is 2.64. The second kappa shape index (κ2) is 7.60. The van der Waals surface area contributed by atoms with Crippen LogP contribution in [0.3, 0.4) is 0 Å². The molecule has 0 saturated carbocycles. The molecule has 0 bridgehead atoms. The summed E-state index contributed by atoms with van der Waals surface area (Å²) in [5, 5.41) is 2.84. The van der Waals surface area contributed by atoms with E-state index in [1.54, 1.807) is 24.3 Å². The van der Waals surface area contributed by atoms with Crippen LogP contribution >= 0.6 is 0 Å². The number of nitrogens with zero attached hydrogens (tertiary/aromatic N) is 1. The van der Waals surface area contributed by atoms with E-state index in [2.05, 4.69) is 5.32 Å². The maximum Gasteiger partial charge on any atom is 0.255 e. The van der Waals surface area contributed by atoms with Gasteiger partial charge in [-0.15, -0.1) is 0 Å². The van der Waals surface area contributed by atoms with Gasteiger partial charge in [-0.2, -0.15) is 0 Å². The van der Waals surface area contributed by atoms with E-state index < -0.39 is 10.0 Å². The molecule has 0 aliphatic carbocycles. The molecule has 27 heavy (non-hydrogen) atoms. The van der Waals surface area contributed by atoms with Gasteiger partial charge in [0.2, 0.25) is 10.0 Å². The van der Waals surface area contributed by atoms with Gasteiger partial charge in [0.25, 0.3) is 5.91 Å². The summed E-state index contributed by atoms with van der Waals surface area (Å²) in [4.78, 5) is 12.5. The van der Waals surface area contributed by atoms with Gasteiger partial charge in [-0.05, 0) is 62.1 Å². The van der Waals surface area contributed by atoms with E-state index in [1.807, 2.05) is 26.0 Å². The van der Waals surface area contributed by atoms with Crippen LogP contribution in [0, 0.1) is 13.8 Å². The number of methoxy groups -OCH3 is 1. The fraction of sp³-hybridized carbons (Fsp3) is 0.350. The lowest BCUT2D eigenvalue weighted by Crippen LogP contribution is -2.38. The Morgan fingerprint density at radius 2 is 1.85 bits per heavy atom. The number of hydrogen-bond donors (Lipinski definition) is 1. The minimum absolute atomic E-state index is 0.140. The van der Waals surface area contributed by atoms with Gasteiger partial charge in [-0.25, -0.2) is 8.42 Å². The van der Waals surface area contributed by atoms with E-state index in [0.717, 1.165) is 17.5 Å². The molecule has 1 fully saturated rings. The predicted molar refractivity (Wildman–Crippen MR) is 107 cm³/mol.